The highest BCUT2D eigenvalue weighted by Gasteiger charge is 2.11. The average Bonchev–Trinajstić information content (AvgIpc) is 2.58. The third-order valence-electron chi connectivity index (χ3n) is 3.08. The van der Waals surface area contributed by atoms with E-state index in [1.165, 1.54) is 24.3 Å². The van der Waals surface area contributed by atoms with E-state index in [2.05, 4.69) is 5.32 Å². The first-order valence-electron chi connectivity index (χ1n) is 7.05. The van der Waals surface area contributed by atoms with E-state index in [0.717, 1.165) is 18.2 Å². The zero-order valence-corrected chi connectivity index (χ0v) is 12.7. The summed E-state index contributed by atoms with van der Waals surface area (Å²) in [4.78, 5) is 33.3. The molecule has 0 fully saturated rings. The number of esters is 1. The number of hydrogen-bond donors (Lipinski definition) is 1. The van der Waals surface area contributed by atoms with E-state index >= 15 is 0 Å². The molecule has 0 aliphatic rings. The SMILES string of the molecule is O=C(CCNC(=O)c1ccc([N+](=O)[O-])cc1)Oc1ccc(F)c(F)c1. The number of carbonyl (C=O) groups excluding carboxylic acids is 2. The molecule has 0 aliphatic carbocycles. The second-order valence-corrected chi connectivity index (χ2v) is 4.86. The summed E-state index contributed by atoms with van der Waals surface area (Å²) in [5, 5.41) is 13.0. The number of amides is 1. The Labute approximate surface area is 140 Å². The van der Waals surface area contributed by atoms with Crippen molar-refractivity contribution < 1.29 is 28.0 Å². The molecule has 0 atom stereocenters. The molecule has 0 bridgehead atoms. The second-order valence-electron chi connectivity index (χ2n) is 4.86. The molecule has 0 saturated carbocycles. The first-order valence-corrected chi connectivity index (χ1v) is 7.05. The largest absolute Gasteiger partial charge is 0.426 e. The van der Waals surface area contributed by atoms with Gasteiger partial charge in [-0.25, -0.2) is 8.78 Å². The van der Waals surface area contributed by atoms with Crippen LogP contribution in [0.15, 0.2) is 42.5 Å². The van der Waals surface area contributed by atoms with E-state index in [1.807, 2.05) is 0 Å². The van der Waals surface area contributed by atoms with Gasteiger partial charge in [0.25, 0.3) is 11.6 Å². The first-order chi connectivity index (χ1) is 11.9. The molecule has 7 nitrogen and oxygen atoms in total. The predicted octanol–water partition coefficient (Wildman–Crippen LogP) is 2.60. The van der Waals surface area contributed by atoms with Gasteiger partial charge in [0.1, 0.15) is 5.75 Å². The van der Waals surface area contributed by atoms with E-state index in [0.29, 0.717) is 0 Å². The van der Waals surface area contributed by atoms with E-state index in [-0.39, 0.29) is 30.0 Å². The molecule has 0 aromatic heterocycles. The Morgan fingerprint density at radius 3 is 2.36 bits per heavy atom. The fourth-order valence-electron chi connectivity index (χ4n) is 1.84. The van der Waals surface area contributed by atoms with Crippen LogP contribution >= 0.6 is 0 Å². The van der Waals surface area contributed by atoms with Crippen molar-refractivity contribution in [3.8, 4) is 5.75 Å². The molecule has 2 aromatic carbocycles. The van der Waals surface area contributed by atoms with Gasteiger partial charge in [-0.2, -0.15) is 0 Å². The molecule has 0 unspecified atom stereocenters. The lowest BCUT2D eigenvalue weighted by atomic mass is 10.2. The van der Waals surface area contributed by atoms with E-state index in [9.17, 15) is 28.5 Å². The van der Waals surface area contributed by atoms with E-state index in [4.69, 9.17) is 4.74 Å². The van der Waals surface area contributed by atoms with Crippen LogP contribution in [-0.4, -0.2) is 23.3 Å². The zero-order chi connectivity index (χ0) is 18.4. The summed E-state index contributed by atoms with van der Waals surface area (Å²) in [5.74, 6) is -3.61. The number of rotatable bonds is 6. The first kappa shape index (κ1) is 18.0. The quantitative estimate of drug-likeness (QED) is 0.374. The molecule has 1 N–H and O–H groups in total. The van der Waals surface area contributed by atoms with Gasteiger partial charge in [0.15, 0.2) is 11.6 Å². The van der Waals surface area contributed by atoms with Crippen LogP contribution in [0.4, 0.5) is 14.5 Å². The van der Waals surface area contributed by atoms with Crippen molar-refractivity contribution in [2.45, 2.75) is 6.42 Å². The second kappa shape index (κ2) is 7.95. The monoisotopic (exact) mass is 350 g/mol. The van der Waals surface area contributed by atoms with Gasteiger partial charge in [0.2, 0.25) is 0 Å². The number of carbonyl (C=O) groups is 2. The number of nitro benzene ring substituents is 1. The summed E-state index contributed by atoms with van der Waals surface area (Å²) in [5.41, 5.74) is 0.0474. The summed E-state index contributed by atoms with van der Waals surface area (Å²) in [6.45, 7) is -0.0572. The van der Waals surface area contributed by atoms with Crippen molar-refractivity contribution >= 4 is 17.6 Å². The number of hydrogen-bond acceptors (Lipinski definition) is 5. The number of halogens is 2. The van der Waals surface area contributed by atoms with Crippen LogP contribution in [0.5, 0.6) is 5.75 Å². The predicted molar refractivity (Wildman–Crippen MR) is 82.0 cm³/mol. The maximum absolute atomic E-state index is 13.0. The summed E-state index contributed by atoms with van der Waals surface area (Å²) in [6.07, 6.45) is -0.197. The average molecular weight is 350 g/mol. The van der Waals surface area contributed by atoms with E-state index in [1.54, 1.807) is 0 Å². The van der Waals surface area contributed by atoms with Crippen LogP contribution < -0.4 is 10.1 Å². The molecule has 0 radical (unpaired) electrons. The fourth-order valence-corrected chi connectivity index (χ4v) is 1.84. The van der Waals surface area contributed by atoms with Crippen molar-refractivity contribution in [3.63, 3.8) is 0 Å². The molecule has 1 amide bonds. The number of nitrogens with zero attached hydrogens (tertiary/aromatic N) is 1. The van der Waals surface area contributed by atoms with Gasteiger partial charge < -0.3 is 10.1 Å². The highest BCUT2D eigenvalue weighted by atomic mass is 19.2. The highest BCUT2D eigenvalue weighted by molar-refractivity contribution is 5.94. The molecule has 0 aliphatic heterocycles. The van der Waals surface area contributed by atoms with Crippen LogP contribution in [0.2, 0.25) is 0 Å². The Morgan fingerprint density at radius 2 is 1.76 bits per heavy atom. The number of nitro groups is 1. The molecule has 2 aromatic rings. The topological polar surface area (TPSA) is 98.5 Å². The smallest absolute Gasteiger partial charge is 0.312 e. The summed E-state index contributed by atoms with van der Waals surface area (Å²) in [6, 6.07) is 7.61. The van der Waals surface area contributed by atoms with Crippen LogP contribution in [0.1, 0.15) is 16.8 Å². The van der Waals surface area contributed by atoms with Gasteiger partial charge in [0, 0.05) is 30.3 Å². The highest BCUT2D eigenvalue weighted by Crippen LogP contribution is 2.16. The minimum Gasteiger partial charge on any atom is -0.426 e. The molecular formula is C16H12F2N2O5. The number of non-ortho nitro benzene ring substituents is 1. The van der Waals surface area contributed by atoms with Crippen molar-refractivity contribution in [2.75, 3.05) is 6.54 Å². The van der Waals surface area contributed by atoms with Crippen molar-refractivity contribution in [1.29, 1.82) is 0 Å². The molecule has 0 spiro atoms. The molecular weight excluding hydrogens is 338 g/mol. The van der Waals surface area contributed by atoms with Gasteiger partial charge in [0.05, 0.1) is 11.3 Å². The van der Waals surface area contributed by atoms with Gasteiger partial charge in [-0.1, -0.05) is 0 Å². The number of benzene rings is 2. The standard InChI is InChI=1S/C16H12F2N2O5/c17-13-6-5-12(9-14(13)18)25-15(21)7-8-19-16(22)10-1-3-11(4-2-10)20(23)24/h1-6,9H,7-8H2,(H,19,22). The zero-order valence-electron chi connectivity index (χ0n) is 12.7. The van der Waals surface area contributed by atoms with Crippen LogP contribution in [0.3, 0.4) is 0 Å². The number of ether oxygens (including phenoxy) is 1. The lowest BCUT2D eigenvalue weighted by Gasteiger charge is -2.06. The van der Waals surface area contributed by atoms with E-state index < -0.39 is 28.4 Å². The van der Waals surface area contributed by atoms with Crippen LogP contribution in [0.25, 0.3) is 0 Å². The molecule has 0 heterocycles. The number of nitrogens with one attached hydrogen (secondary N) is 1. The summed E-state index contributed by atoms with van der Waals surface area (Å²) < 4.78 is 30.6. The van der Waals surface area contributed by atoms with Gasteiger partial charge in [-0.15, -0.1) is 0 Å². The third-order valence-corrected chi connectivity index (χ3v) is 3.08. The Kier molecular flexibility index (Phi) is 5.72. The van der Waals surface area contributed by atoms with Gasteiger partial charge >= 0.3 is 5.97 Å². The molecule has 2 rings (SSSR count). The van der Waals surface area contributed by atoms with Crippen molar-refractivity contribution in [1.82, 2.24) is 5.32 Å². The van der Waals surface area contributed by atoms with Crippen molar-refractivity contribution in [3.05, 3.63) is 69.8 Å². The summed E-state index contributed by atoms with van der Waals surface area (Å²) >= 11 is 0. The van der Waals surface area contributed by atoms with Gasteiger partial charge in [-0.05, 0) is 24.3 Å². The molecule has 130 valence electrons. The minimum atomic E-state index is -1.14. The lowest BCUT2D eigenvalue weighted by Crippen LogP contribution is -2.27. The Morgan fingerprint density at radius 1 is 1.08 bits per heavy atom. The van der Waals surface area contributed by atoms with Crippen LogP contribution in [-0.2, 0) is 4.79 Å². The van der Waals surface area contributed by atoms with Crippen LogP contribution in [0, 0.1) is 21.7 Å². The fraction of sp³-hybridized carbons (Fsp3) is 0.125. The Hall–Kier alpha value is -3.36. The Balaban J connectivity index is 1.81. The third kappa shape index (κ3) is 5.06. The normalized spacial score (nSPS) is 10.2. The molecule has 0 saturated heterocycles. The minimum absolute atomic E-state index is 0.0572. The molecule has 9 heteroatoms. The Bertz CT molecular complexity index is 809. The van der Waals surface area contributed by atoms with Gasteiger partial charge in [-0.3, -0.25) is 19.7 Å². The van der Waals surface area contributed by atoms with Crippen molar-refractivity contribution in [2.24, 2.45) is 0 Å². The lowest BCUT2D eigenvalue weighted by molar-refractivity contribution is -0.384. The summed E-state index contributed by atoms with van der Waals surface area (Å²) in [7, 11) is 0. The molecule has 25 heavy (non-hydrogen) atoms. The maximum Gasteiger partial charge on any atom is 0.312 e. The maximum atomic E-state index is 13.0.